The van der Waals surface area contributed by atoms with Gasteiger partial charge in [0, 0.05) is 25.2 Å². The number of aromatic nitrogens is 2. The standard InChI is InChI=1S/C23H28N4O6S/c1-15(17-4-5-20(31-2)21(14-17)32-3)25-23(28)16-9-12-27(13-10-16)34(29,30)22-7-6-19(33-22)18-8-11-24-26-18/h4-8,11,14-16H,9-10,12-13H2,1-3H3,(H,24,26)(H,25,28)/t15-/m1/s1. The fourth-order valence-electron chi connectivity index (χ4n) is 4.02. The molecule has 3 aromatic rings. The van der Waals surface area contributed by atoms with Gasteiger partial charge in [-0.15, -0.1) is 0 Å². The van der Waals surface area contributed by atoms with Crippen LogP contribution in [0.5, 0.6) is 11.5 Å². The number of carbonyl (C=O) groups excluding carboxylic acids is 1. The Bertz CT molecular complexity index is 1230. The van der Waals surface area contributed by atoms with E-state index in [1.807, 2.05) is 19.1 Å². The molecule has 3 heterocycles. The van der Waals surface area contributed by atoms with Gasteiger partial charge < -0.3 is 19.2 Å². The van der Waals surface area contributed by atoms with Crippen molar-refractivity contribution in [2.45, 2.75) is 30.9 Å². The van der Waals surface area contributed by atoms with Gasteiger partial charge in [0.2, 0.25) is 11.0 Å². The summed E-state index contributed by atoms with van der Waals surface area (Å²) < 4.78 is 43.5. The quantitative estimate of drug-likeness (QED) is 0.499. The number of methoxy groups -OCH3 is 2. The molecule has 2 aromatic heterocycles. The Morgan fingerprint density at radius 2 is 1.88 bits per heavy atom. The predicted molar refractivity (Wildman–Crippen MR) is 124 cm³/mol. The highest BCUT2D eigenvalue weighted by molar-refractivity contribution is 7.89. The average molecular weight is 489 g/mol. The van der Waals surface area contributed by atoms with Gasteiger partial charge in [0.05, 0.1) is 20.3 Å². The Labute approximate surface area is 198 Å². The Balaban J connectivity index is 1.35. The summed E-state index contributed by atoms with van der Waals surface area (Å²) in [5.41, 5.74) is 1.48. The third-order valence-electron chi connectivity index (χ3n) is 6.03. The van der Waals surface area contributed by atoms with Gasteiger partial charge in [-0.3, -0.25) is 9.89 Å². The minimum atomic E-state index is -3.79. The summed E-state index contributed by atoms with van der Waals surface area (Å²) in [6.07, 6.45) is 2.42. The van der Waals surface area contributed by atoms with Crippen molar-refractivity contribution < 1.29 is 27.1 Å². The van der Waals surface area contributed by atoms with Crippen molar-refractivity contribution in [1.82, 2.24) is 19.8 Å². The molecule has 0 saturated carbocycles. The lowest BCUT2D eigenvalue weighted by Gasteiger charge is -2.30. The summed E-state index contributed by atoms with van der Waals surface area (Å²) >= 11 is 0. The number of ether oxygens (including phenoxy) is 2. The molecule has 1 amide bonds. The monoisotopic (exact) mass is 488 g/mol. The van der Waals surface area contributed by atoms with Crippen molar-refractivity contribution >= 4 is 15.9 Å². The average Bonchev–Trinajstić information content (AvgIpc) is 3.56. The van der Waals surface area contributed by atoms with Crippen molar-refractivity contribution in [2.75, 3.05) is 27.3 Å². The number of H-pyrrole nitrogens is 1. The van der Waals surface area contributed by atoms with Crippen LogP contribution in [0.4, 0.5) is 0 Å². The van der Waals surface area contributed by atoms with Gasteiger partial charge in [0.25, 0.3) is 10.0 Å². The van der Waals surface area contributed by atoms with E-state index >= 15 is 0 Å². The molecular weight excluding hydrogens is 460 g/mol. The molecule has 0 bridgehead atoms. The van der Waals surface area contributed by atoms with Crippen LogP contribution in [0.1, 0.15) is 31.4 Å². The van der Waals surface area contributed by atoms with Gasteiger partial charge >= 0.3 is 0 Å². The van der Waals surface area contributed by atoms with Crippen molar-refractivity contribution in [2.24, 2.45) is 5.92 Å². The molecule has 34 heavy (non-hydrogen) atoms. The molecule has 182 valence electrons. The largest absolute Gasteiger partial charge is 0.493 e. The normalized spacial score (nSPS) is 16.2. The smallest absolute Gasteiger partial charge is 0.276 e. The number of aromatic amines is 1. The van der Waals surface area contributed by atoms with Crippen LogP contribution in [0.15, 0.2) is 52.1 Å². The Kier molecular flexibility index (Phi) is 6.94. The summed E-state index contributed by atoms with van der Waals surface area (Å²) in [5, 5.41) is 9.50. The highest BCUT2D eigenvalue weighted by Gasteiger charge is 2.34. The molecule has 0 aliphatic carbocycles. The first kappa shape index (κ1) is 23.8. The van der Waals surface area contributed by atoms with Crippen LogP contribution >= 0.6 is 0 Å². The molecule has 11 heteroatoms. The molecule has 1 aromatic carbocycles. The number of amides is 1. The number of nitrogens with one attached hydrogen (secondary N) is 2. The molecule has 1 aliphatic rings. The van der Waals surface area contributed by atoms with Crippen molar-refractivity contribution in [3.63, 3.8) is 0 Å². The Morgan fingerprint density at radius 1 is 1.15 bits per heavy atom. The van der Waals surface area contributed by atoms with E-state index in [9.17, 15) is 13.2 Å². The van der Waals surface area contributed by atoms with Gasteiger partial charge in [-0.1, -0.05) is 6.07 Å². The van der Waals surface area contributed by atoms with E-state index in [1.54, 1.807) is 38.6 Å². The maximum Gasteiger partial charge on any atom is 0.276 e. The van der Waals surface area contributed by atoms with Gasteiger partial charge in [-0.05, 0) is 55.7 Å². The van der Waals surface area contributed by atoms with Gasteiger partial charge in [-0.2, -0.15) is 9.40 Å². The highest BCUT2D eigenvalue weighted by atomic mass is 32.2. The number of sulfonamides is 1. The van der Waals surface area contributed by atoms with Crippen molar-refractivity contribution in [1.29, 1.82) is 0 Å². The molecule has 2 N–H and O–H groups in total. The summed E-state index contributed by atoms with van der Waals surface area (Å²) in [6, 6.07) is 10.0. The lowest BCUT2D eigenvalue weighted by molar-refractivity contribution is -0.126. The summed E-state index contributed by atoms with van der Waals surface area (Å²) in [7, 11) is -0.655. The van der Waals surface area contributed by atoms with Crippen molar-refractivity contribution in [3.05, 3.63) is 48.2 Å². The maximum absolute atomic E-state index is 13.0. The minimum absolute atomic E-state index is 0.0983. The van der Waals surface area contributed by atoms with Crippen LogP contribution < -0.4 is 14.8 Å². The number of carbonyl (C=O) groups is 1. The molecule has 0 spiro atoms. The summed E-state index contributed by atoms with van der Waals surface area (Å²) in [5.74, 6) is 1.24. The molecule has 4 rings (SSSR count). The SMILES string of the molecule is COc1ccc([C@@H](C)NC(=O)C2CCN(S(=O)(=O)c3ccc(-c4ccn[nH]4)o3)CC2)cc1OC. The first-order chi connectivity index (χ1) is 16.3. The third-order valence-corrected chi connectivity index (χ3v) is 7.81. The number of piperidine rings is 1. The number of benzene rings is 1. The molecule has 1 saturated heterocycles. The van der Waals surface area contributed by atoms with E-state index < -0.39 is 10.0 Å². The van der Waals surface area contributed by atoms with Crippen LogP contribution in [-0.2, 0) is 14.8 Å². The Hall–Kier alpha value is -3.31. The molecule has 10 nitrogen and oxygen atoms in total. The van der Waals surface area contributed by atoms with Crippen LogP contribution in [0.2, 0.25) is 0 Å². The maximum atomic E-state index is 13.0. The summed E-state index contributed by atoms with van der Waals surface area (Å²) in [4.78, 5) is 12.9. The van der Waals surface area contributed by atoms with Gasteiger partial charge in [0.15, 0.2) is 17.3 Å². The fraction of sp³-hybridized carbons (Fsp3) is 0.391. The zero-order valence-electron chi connectivity index (χ0n) is 19.3. The lowest BCUT2D eigenvalue weighted by Crippen LogP contribution is -2.43. The van der Waals surface area contributed by atoms with Crippen LogP contribution in [0.3, 0.4) is 0 Å². The highest BCUT2D eigenvalue weighted by Crippen LogP contribution is 2.31. The topological polar surface area (TPSA) is 127 Å². The van der Waals surface area contributed by atoms with Crippen molar-refractivity contribution in [3.8, 4) is 23.0 Å². The molecular formula is C23H28N4O6S. The molecule has 1 fully saturated rings. The first-order valence-electron chi connectivity index (χ1n) is 11.0. The molecule has 1 atom stereocenters. The van der Waals surface area contributed by atoms with E-state index in [1.165, 1.54) is 10.4 Å². The zero-order valence-corrected chi connectivity index (χ0v) is 20.1. The first-order valence-corrected chi connectivity index (χ1v) is 12.4. The van der Waals surface area contributed by atoms with Gasteiger partial charge in [0.1, 0.15) is 5.69 Å². The number of nitrogens with zero attached hydrogens (tertiary/aromatic N) is 2. The fourth-order valence-corrected chi connectivity index (χ4v) is 5.40. The van der Waals surface area contributed by atoms with E-state index in [0.717, 1.165) is 5.56 Å². The Morgan fingerprint density at radius 3 is 2.53 bits per heavy atom. The van der Waals surface area contributed by atoms with Crippen LogP contribution in [0.25, 0.3) is 11.5 Å². The van der Waals surface area contributed by atoms with E-state index in [0.29, 0.717) is 35.8 Å². The second kappa shape index (κ2) is 9.90. The third kappa shape index (κ3) is 4.80. The number of hydrogen-bond donors (Lipinski definition) is 2. The van der Waals surface area contributed by atoms with E-state index in [-0.39, 0.29) is 36.0 Å². The second-order valence-electron chi connectivity index (χ2n) is 8.11. The lowest BCUT2D eigenvalue weighted by atomic mass is 9.96. The van der Waals surface area contributed by atoms with Crippen LogP contribution in [0, 0.1) is 5.92 Å². The molecule has 0 unspecified atom stereocenters. The van der Waals surface area contributed by atoms with E-state index in [2.05, 4.69) is 15.5 Å². The minimum Gasteiger partial charge on any atom is -0.493 e. The number of rotatable bonds is 8. The zero-order chi connectivity index (χ0) is 24.3. The predicted octanol–water partition coefficient (Wildman–Crippen LogP) is 2.97. The van der Waals surface area contributed by atoms with Crippen LogP contribution in [-0.4, -0.2) is 56.1 Å². The molecule has 0 radical (unpaired) electrons. The number of hydrogen-bond acceptors (Lipinski definition) is 7. The molecule has 1 aliphatic heterocycles. The van der Waals surface area contributed by atoms with E-state index in [4.69, 9.17) is 13.9 Å². The number of furan rings is 1. The summed E-state index contributed by atoms with van der Waals surface area (Å²) in [6.45, 7) is 2.38. The second-order valence-corrected chi connectivity index (χ2v) is 9.98. The van der Waals surface area contributed by atoms with Gasteiger partial charge in [-0.25, -0.2) is 8.42 Å².